The minimum Gasteiger partial charge on any atom is -0.508 e. The van der Waals surface area contributed by atoms with Crippen molar-refractivity contribution in [3.63, 3.8) is 0 Å². The molecule has 7 heteroatoms. The predicted molar refractivity (Wildman–Crippen MR) is 101 cm³/mol. The second-order valence-electron chi connectivity index (χ2n) is 6.21. The molecule has 1 N–H and O–H groups in total. The largest absolute Gasteiger partial charge is 0.508 e. The third kappa shape index (κ3) is 4.20. The van der Waals surface area contributed by atoms with E-state index in [-0.39, 0.29) is 30.3 Å². The Balaban J connectivity index is 1.68. The van der Waals surface area contributed by atoms with Gasteiger partial charge in [-0.05, 0) is 38.1 Å². The van der Waals surface area contributed by atoms with Gasteiger partial charge in [0.15, 0.2) is 12.4 Å². The summed E-state index contributed by atoms with van der Waals surface area (Å²) in [6.07, 6.45) is 0. The fourth-order valence-electron chi connectivity index (χ4n) is 2.68. The number of hydrogen-bond acceptors (Lipinski definition) is 7. The standard InChI is InChI=1S/C21H18O7/c1-12-18(23)7-6-17-15(9-19(24)28-21(12)17)10-27-20(25)11-26-16-5-3-4-14(8-16)13(2)22/h3-9,23H,10-11H2,1-2H3. The molecule has 0 atom stereocenters. The second kappa shape index (κ2) is 7.96. The van der Waals surface area contributed by atoms with Crippen LogP contribution < -0.4 is 10.4 Å². The van der Waals surface area contributed by atoms with Crippen molar-refractivity contribution in [3.05, 3.63) is 69.6 Å². The monoisotopic (exact) mass is 382 g/mol. The van der Waals surface area contributed by atoms with Crippen molar-refractivity contribution >= 4 is 22.7 Å². The number of esters is 1. The Kier molecular flexibility index (Phi) is 5.44. The van der Waals surface area contributed by atoms with Gasteiger partial charge >= 0.3 is 11.6 Å². The molecule has 0 saturated heterocycles. The van der Waals surface area contributed by atoms with Crippen molar-refractivity contribution in [3.8, 4) is 11.5 Å². The predicted octanol–water partition coefficient (Wildman–Crippen LogP) is 3.13. The molecule has 0 aliphatic rings. The summed E-state index contributed by atoms with van der Waals surface area (Å²) in [4.78, 5) is 35.1. The lowest BCUT2D eigenvalue weighted by Crippen LogP contribution is -2.15. The Hall–Kier alpha value is -3.61. The maximum absolute atomic E-state index is 12.0. The Morgan fingerprint density at radius 3 is 2.68 bits per heavy atom. The molecule has 3 rings (SSSR count). The average Bonchev–Trinajstić information content (AvgIpc) is 2.68. The molecule has 1 aromatic heterocycles. The van der Waals surface area contributed by atoms with Crippen LogP contribution in [0.3, 0.4) is 0 Å². The first kappa shape index (κ1) is 19.2. The van der Waals surface area contributed by atoms with Crippen LogP contribution in [0.5, 0.6) is 11.5 Å². The van der Waals surface area contributed by atoms with Gasteiger partial charge in [0.25, 0.3) is 0 Å². The first-order chi connectivity index (χ1) is 13.3. The van der Waals surface area contributed by atoms with Crippen molar-refractivity contribution in [2.24, 2.45) is 0 Å². The van der Waals surface area contributed by atoms with Gasteiger partial charge in [0.2, 0.25) is 0 Å². The molecule has 0 radical (unpaired) electrons. The van der Waals surface area contributed by atoms with E-state index in [9.17, 15) is 19.5 Å². The fraction of sp³-hybridized carbons (Fsp3) is 0.190. The zero-order valence-electron chi connectivity index (χ0n) is 15.4. The Morgan fingerprint density at radius 1 is 1.14 bits per heavy atom. The number of Topliss-reactive ketones (excluding diaryl/α,β-unsaturated/α-hetero) is 1. The van der Waals surface area contributed by atoms with Crippen molar-refractivity contribution in [2.45, 2.75) is 20.5 Å². The SMILES string of the molecule is CC(=O)c1cccc(OCC(=O)OCc2cc(=O)oc3c(C)c(O)ccc23)c1. The Labute approximate surface area is 160 Å². The molecule has 1 heterocycles. The normalized spacial score (nSPS) is 10.6. The second-order valence-corrected chi connectivity index (χ2v) is 6.21. The summed E-state index contributed by atoms with van der Waals surface area (Å²) in [5, 5.41) is 10.3. The minimum absolute atomic E-state index is 0.00554. The van der Waals surface area contributed by atoms with Gasteiger partial charge in [-0.2, -0.15) is 0 Å². The molecule has 28 heavy (non-hydrogen) atoms. The minimum atomic E-state index is -0.634. The highest BCUT2D eigenvalue weighted by Gasteiger charge is 2.13. The molecule has 2 aromatic carbocycles. The van der Waals surface area contributed by atoms with E-state index in [0.717, 1.165) is 0 Å². The van der Waals surface area contributed by atoms with Crippen LogP contribution in [0, 0.1) is 6.92 Å². The number of phenols is 1. The third-order valence-electron chi connectivity index (χ3n) is 4.20. The number of hydrogen-bond donors (Lipinski definition) is 1. The van der Waals surface area contributed by atoms with Gasteiger partial charge in [-0.1, -0.05) is 12.1 Å². The summed E-state index contributed by atoms with van der Waals surface area (Å²) >= 11 is 0. The summed E-state index contributed by atoms with van der Waals surface area (Å²) < 4.78 is 15.7. The molecule has 0 saturated carbocycles. The van der Waals surface area contributed by atoms with Crippen LogP contribution in [0.2, 0.25) is 0 Å². The van der Waals surface area contributed by atoms with Crippen LogP contribution >= 0.6 is 0 Å². The van der Waals surface area contributed by atoms with E-state index >= 15 is 0 Å². The van der Waals surface area contributed by atoms with E-state index in [1.54, 1.807) is 37.3 Å². The summed E-state index contributed by atoms with van der Waals surface area (Å²) in [7, 11) is 0. The topological polar surface area (TPSA) is 103 Å². The summed E-state index contributed by atoms with van der Waals surface area (Å²) in [5.74, 6) is -0.359. The lowest BCUT2D eigenvalue weighted by Gasteiger charge is -2.10. The molecule has 0 fully saturated rings. The molecular weight excluding hydrogens is 364 g/mol. The summed E-state index contributed by atoms with van der Waals surface area (Å²) in [6.45, 7) is 2.57. The van der Waals surface area contributed by atoms with Crippen LogP contribution in [0.25, 0.3) is 11.0 Å². The lowest BCUT2D eigenvalue weighted by molar-refractivity contribution is -0.147. The maximum atomic E-state index is 12.0. The first-order valence-corrected chi connectivity index (χ1v) is 8.50. The number of phenolic OH excluding ortho intramolecular Hbond substituents is 1. The third-order valence-corrected chi connectivity index (χ3v) is 4.20. The van der Waals surface area contributed by atoms with E-state index < -0.39 is 11.6 Å². The molecule has 0 amide bonds. The number of ketones is 1. The fourth-order valence-corrected chi connectivity index (χ4v) is 2.68. The zero-order valence-corrected chi connectivity index (χ0v) is 15.4. The lowest BCUT2D eigenvalue weighted by atomic mass is 10.1. The molecule has 0 spiro atoms. The van der Waals surface area contributed by atoms with Crippen molar-refractivity contribution in [2.75, 3.05) is 6.61 Å². The summed E-state index contributed by atoms with van der Waals surface area (Å²) in [5.41, 5.74) is 1.00. The highest BCUT2D eigenvalue weighted by atomic mass is 16.6. The number of carbonyl (C=O) groups is 2. The van der Waals surface area contributed by atoms with Crippen LogP contribution in [0.4, 0.5) is 0 Å². The maximum Gasteiger partial charge on any atom is 0.344 e. The number of fused-ring (bicyclic) bond motifs is 1. The zero-order chi connectivity index (χ0) is 20.3. The number of ether oxygens (including phenoxy) is 2. The van der Waals surface area contributed by atoms with E-state index in [2.05, 4.69) is 0 Å². The Morgan fingerprint density at radius 2 is 1.93 bits per heavy atom. The van der Waals surface area contributed by atoms with Crippen molar-refractivity contribution in [1.82, 2.24) is 0 Å². The van der Waals surface area contributed by atoms with Crippen LogP contribution in [-0.4, -0.2) is 23.5 Å². The molecule has 0 bridgehead atoms. The van der Waals surface area contributed by atoms with Crippen LogP contribution in [0.15, 0.2) is 51.7 Å². The number of benzene rings is 2. The van der Waals surface area contributed by atoms with Gasteiger partial charge in [0, 0.05) is 28.1 Å². The number of carbonyl (C=O) groups excluding carboxylic acids is 2. The van der Waals surface area contributed by atoms with E-state index in [1.165, 1.54) is 19.1 Å². The number of aromatic hydroxyl groups is 1. The van der Waals surface area contributed by atoms with Crippen LogP contribution in [-0.2, 0) is 16.1 Å². The molecular formula is C21H18O7. The van der Waals surface area contributed by atoms with Crippen LogP contribution in [0.1, 0.15) is 28.4 Å². The van der Waals surface area contributed by atoms with Gasteiger partial charge in [-0.25, -0.2) is 9.59 Å². The molecule has 0 unspecified atom stereocenters. The highest BCUT2D eigenvalue weighted by Crippen LogP contribution is 2.27. The van der Waals surface area contributed by atoms with E-state index in [4.69, 9.17) is 13.9 Å². The molecule has 0 aliphatic heterocycles. The highest BCUT2D eigenvalue weighted by molar-refractivity contribution is 5.94. The van der Waals surface area contributed by atoms with Gasteiger partial charge in [0.05, 0.1) is 0 Å². The molecule has 0 aliphatic carbocycles. The first-order valence-electron chi connectivity index (χ1n) is 8.50. The van der Waals surface area contributed by atoms with Gasteiger partial charge in [0.1, 0.15) is 23.7 Å². The van der Waals surface area contributed by atoms with Gasteiger partial charge in [-0.15, -0.1) is 0 Å². The smallest absolute Gasteiger partial charge is 0.344 e. The van der Waals surface area contributed by atoms with E-state index in [1.807, 2.05) is 0 Å². The molecule has 7 nitrogen and oxygen atoms in total. The van der Waals surface area contributed by atoms with Gasteiger partial charge < -0.3 is 19.0 Å². The van der Waals surface area contributed by atoms with Gasteiger partial charge in [-0.3, -0.25) is 4.79 Å². The summed E-state index contributed by atoms with van der Waals surface area (Å²) in [6, 6.07) is 10.8. The molecule has 144 valence electrons. The molecule has 3 aromatic rings. The quantitative estimate of drug-likeness (QED) is 0.397. The number of aryl methyl sites for hydroxylation is 1. The van der Waals surface area contributed by atoms with Crippen molar-refractivity contribution in [1.29, 1.82) is 0 Å². The van der Waals surface area contributed by atoms with Crippen molar-refractivity contribution < 1.29 is 28.6 Å². The Bertz CT molecular complexity index is 1110. The average molecular weight is 382 g/mol. The van der Waals surface area contributed by atoms with E-state index in [0.29, 0.717) is 27.8 Å². The number of rotatable bonds is 6.